The van der Waals surface area contributed by atoms with Crippen molar-refractivity contribution in [3.8, 4) is 11.5 Å². The number of amides is 1. The molecule has 0 fully saturated rings. The summed E-state index contributed by atoms with van der Waals surface area (Å²) in [6.45, 7) is 0.322. The molecule has 0 bridgehead atoms. The van der Waals surface area contributed by atoms with E-state index in [9.17, 15) is 4.79 Å². The first kappa shape index (κ1) is 15.3. The van der Waals surface area contributed by atoms with E-state index in [0.717, 1.165) is 5.56 Å². The van der Waals surface area contributed by atoms with Crippen LogP contribution in [0.2, 0.25) is 0 Å². The lowest BCUT2D eigenvalue weighted by Crippen LogP contribution is -2.24. The van der Waals surface area contributed by atoms with Crippen molar-refractivity contribution < 1.29 is 14.3 Å². The minimum absolute atomic E-state index is 0.257. The number of rotatable bonds is 5. The first-order valence-electron chi connectivity index (χ1n) is 6.25. The van der Waals surface area contributed by atoms with Gasteiger partial charge in [0.1, 0.15) is 17.2 Å². The van der Waals surface area contributed by atoms with Crippen molar-refractivity contribution in [2.24, 2.45) is 0 Å². The van der Waals surface area contributed by atoms with E-state index in [1.807, 2.05) is 6.07 Å². The van der Waals surface area contributed by atoms with Crippen molar-refractivity contribution in [2.75, 3.05) is 14.2 Å². The topological polar surface area (TPSA) is 60.5 Å². The first-order valence-corrected chi connectivity index (χ1v) is 7.04. The average molecular weight is 351 g/mol. The zero-order valence-electron chi connectivity index (χ0n) is 11.7. The van der Waals surface area contributed by atoms with Gasteiger partial charge in [-0.1, -0.05) is 0 Å². The molecule has 1 amide bonds. The van der Waals surface area contributed by atoms with Crippen molar-refractivity contribution in [2.45, 2.75) is 6.54 Å². The second-order valence-corrected chi connectivity index (χ2v) is 5.05. The molecular formula is C15H15BrN2O3. The summed E-state index contributed by atoms with van der Waals surface area (Å²) in [4.78, 5) is 16.2. The van der Waals surface area contributed by atoms with E-state index >= 15 is 0 Å². The number of methoxy groups -OCH3 is 2. The van der Waals surface area contributed by atoms with Crippen molar-refractivity contribution in [3.63, 3.8) is 0 Å². The molecule has 0 saturated carbocycles. The smallest absolute Gasteiger partial charge is 0.271 e. The highest BCUT2D eigenvalue weighted by molar-refractivity contribution is 9.10. The molecular weight excluding hydrogens is 336 g/mol. The van der Waals surface area contributed by atoms with Crippen LogP contribution in [-0.2, 0) is 6.54 Å². The van der Waals surface area contributed by atoms with Crippen LogP contribution in [0.25, 0.3) is 0 Å². The molecule has 0 aliphatic carbocycles. The summed E-state index contributed by atoms with van der Waals surface area (Å²) in [7, 11) is 3.18. The Morgan fingerprint density at radius 2 is 2.10 bits per heavy atom. The second-order valence-electron chi connectivity index (χ2n) is 4.19. The summed E-state index contributed by atoms with van der Waals surface area (Å²) >= 11 is 3.31. The fourth-order valence-corrected chi connectivity index (χ4v) is 2.27. The molecule has 2 aromatic rings. The fraction of sp³-hybridized carbons (Fsp3) is 0.200. The normalized spacial score (nSPS) is 10.0. The standard InChI is InChI=1S/C15H15BrN2O3/c1-20-11-5-6-13(21-2)10(8-11)9-18-15(19)14-12(16)4-3-7-17-14/h3-8H,9H2,1-2H3,(H,18,19). The van der Waals surface area contributed by atoms with E-state index in [0.29, 0.717) is 28.2 Å². The van der Waals surface area contributed by atoms with Crippen molar-refractivity contribution >= 4 is 21.8 Å². The number of nitrogens with one attached hydrogen (secondary N) is 1. The Bertz CT molecular complexity index is 647. The van der Waals surface area contributed by atoms with E-state index in [2.05, 4.69) is 26.2 Å². The van der Waals surface area contributed by atoms with Gasteiger partial charge in [0.05, 0.1) is 14.2 Å². The molecule has 2 rings (SSSR count). The maximum atomic E-state index is 12.1. The van der Waals surface area contributed by atoms with Crippen LogP contribution in [-0.4, -0.2) is 25.1 Å². The number of carbonyl (C=O) groups is 1. The Morgan fingerprint density at radius 1 is 1.29 bits per heavy atom. The molecule has 0 aliphatic rings. The van der Waals surface area contributed by atoms with Crippen LogP contribution in [0.3, 0.4) is 0 Å². The Balaban J connectivity index is 2.12. The quantitative estimate of drug-likeness (QED) is 0.900. The van der Waals surface area contributed by atoms with Gasteiger partial charge in [0.15, 0.2) is 0 Å². The van der Waals surface area contributed by atoms with E-state index in [1.54, 1.807) is 44.7 Å². The average Bonchev–Trinajstić information content (AvgIpc) is 2.52. The number of halogens is 1. The molecule has 5 nitrogen and oxygen atoms in total. The maximum absolute atomic E-state index is 12.1. The first-order chi connectivity index (χ1) is 10.2. The highest BCUT2D eigenvalue weighted by atomic mass is 79.9. The van der Waals surface area contributed by atoms with Gasteiger partial charge in [0, 0.05) is 22.8 Å². The third-order valence-electron chi connectivity index (χ3n) is 2.90. The van der Waals surface area contributed by atoms with Crippen LogP contribution in [0.4, 0.5) is 0 Å². The third kappa shape index (κ3) is 3.72. The van der Waals surface area contributed by atoms with Gasteiger partial charge in [-0.25, -0.2) is 4.98 Å². The summed E-state index contributed by atoms with van der Waals surface area (Å²) < 4.78 is 11.1. The van der Waals surface area contributed by atoms with Crippen LogP contribution >= 0.6 is 15.9 Å². The number of aromatic nitrogens is 1. The molecule has 0 aliphatic heterocycles. The Labute approximate surface area is 131 Å². The predicted molar refractivity (Wildman–Crippen MR) is 82.7 cm³/mol. The van der Waals surface area contributed by atoms with Crippen LogP contribution in [0.5, 0.6) is 11.5 Å². The van der Waals surface area contributed by atoms with Gasteiger partial charge in [-0.2, -0.15) is 0 Å². The maximum Gasteiger partial charge on any atom is 0.271 e. The van der Waals surface area contributed by atoms with E-state index in [-0.39, 0.29) is 5.91 Å². The molecule has 0 spiro atoms. The summed E-state index contributed by atoms with van der Waals surface area (Å²) in [5.74, 6) is 1.14. The van der Waals surface area contributed by atoms with E-state index in [4.69, 9.17) is 9.47 Å². The van der Waals surface area contributed by atoms with Crippen LogP contribution in [0, 0.1) is 0 Å². The molecule has 1 N–H and O–H groups in total. The minimum atomic E-state index is -0.257. The number of benzene rings is 1. The number of carbonyl (C=O) groups excluding carboxylic acids is 1. The van der Waals surface area contributed by atoms with Crippen LogP contribution < -0.4 is 14.8 Å². The third-order valence-corrected chi connectivity index (χ3v) is 3.54. The Kier molecular flexibility index (Phi) is 5.16. The number of hydrogen-bond acceptors (Lipinski definition) is 4. The molecule has 6 heteroatoms. The molecule has 110 valence electrons. The van der Waals surface area contributed by atoms with Gasteiger partial charge in [-0.15, -0.1) is 0 Å². The SMILES string of the molecule is COc1ccc(OC)c(CNC(=O)c2ncccc2Br)c1. The zero-order valence-corrected chi connectivity index (χ0v) is 13.3. The largest absolute Gasteiger partial charge is 0.497 e. The number of nitrogens with zero attached hydrogens (tertiary/aromatic N) is 1. The molecule has 1 heterocycles. The minimum Gasteiger partial charge on any atom is -0.497 e. The van der Waals surface area contributed by atoms with Gasteiger partial charge in [0.2, 0.25) is 0 Å². The lowest BCUT2D eigenvalue weighted by molar-refractivity contribution is 0.0945. The van der Waals surface area contributed by atoms with E-state index in [1.165, 1.54) is 0 Å². The lowest BCUT2D eigenvalue weighted by Gasteiger charge is -2.11. The molecule has 0 radical (unpaired) electrons. The van der Waals surface area contributed by atoms with Crippen molar-refractivity contribution in [1.29, 1.82) is 0 Å². The van der Waals surface area contributed by atoms with Crippen LogP contribution in [0.15, 0.2) is 41.0 Å². The molecule has 1 aromatic heterocycles. The number of ether oxygens (including phenoxy) is 2. The van der Waals surface area contributed by atoms with Crippen molar-refractivity contribution in [3.05, 3.63) is 52.3 Å². The predicted octanol–water partition coefficient (Wildman–Crippen LogP) is 2.79. The van der Waals surface area contributed by atoms with Gasteiger partial charge in [0.25, 0.3) is 5.91 Å². The molecule has 1 aromatic carbocycles. The van der Waals surface area contributed by atoms with Crippen molar-refractivity contribution in [1.82, 2.24) is 10.3 Å². The number of hydrogen-bond donors (Lipinski definition) is 1. The van der Waals surface area contributed by atoms with Gasteiger partial charge in [-0.05, 0) is 46.3 Å². The van der Waals surface area contributed by atoms with Crippen LogP contribution in [0.1, 0.15) is 16.1 Å². The highest BCUT2D eigenvalue weighted by Crippen LogP contribution is 2.24. The molecule has 0 saturated heterocycles. The summed E-state index contributed by atoms with van der Waals surface area (Å²) in [5.41, 5.74) is 1.18. The Morgan fingerprint density at radius 3 is 2.76 bits per heavy atom. The number of pyridine rings is 1. The second kappa shape index (κ2) is 7.08. The summed E-state index contributed by atoms with van der Waals surface area (Å²) in [6, 6.07) is 8.96. The monoisotopic (exact) mass is 350 g/mol. The fourth-order valence-electron chi connectivity index (χ4n) is 1.83. The van der Waals surface area contributed by atoms with E-state index < -0.39 is 0 Å². The highest BCUT2D eigenvalue weighted by Gasteiger charge is 2.12. The Hall–Kier alpha value is -2.08. The van der Waals surface area contributed by atoms with Gasteiger partial charge in [-0.3, -0.25) is 4.79 Å². The molecule has 0 atom stereocenters. The van der Waals surface area contributed by atoms with Gasteiger partial charge >= 0.3 is 0 Å². The lowest BCUT2D eigenvalue weighted by atomic mass is 10.2. The molecule has 0 unspecified atom stereocenters. The summed E-state index contributed by atoms with van der Waals surface area (Å²) in [6.07, 6.45) is 1.58. The summed E-state index contributed by atoms with van der Waals surface area (Å²) in [5, 5.41) is 2.82. The molecule has 21 heavy (non-hydrogen) atoms. The zero-order chi connectivity index (χ0) is 15.2. The van der Waals surface area contributed by atoms with Gasteiger partial charge < -0.3 is 14.8 Å².